The second-order valence-corrected chi connectivity index (χ2v) is 8.53. The van der Waals surface area contributed by atoms with Crippen LogP contribution in [-0.4, -0.2) is 60.4 Å². The zero-order valence-corrected chi connectivity index (χ0v) is 19.3. The molecule has 1 aromatic carbocycles. The van der Waals surface area contributed by atoms with Crippen molar-refractivity contribution in [1.82, 2.24) is 14.8 Å². The van der Waals surface area contributed by atoms with Crippen molar-refractivity contribution in [2.24, 2.45) is 5.92 Å². The van der Waals surface area contributed by atoms with E-state index in [9.17, 15) is 9.59 Å². The molecule has 2 amide bonds. The van der Waals surface area contributed by atoms with Gasteiger partial charge in [-0.15, -0.1) is 11.3 Å². The number of hydrogen-bond acceptors (Lipinski definition) is 6. The molecule has 168 valence electrons. The monoisotopic (exact) mass is 445 g/mol. The van der Waals surface area contributed by atoms with Crippen LogP contribution in [-0.2, 0) is 11.4 Å². The normalized spacial score (nSPS) is 14.4. The van der Waals surface area contributed by atoms with Crippen molar-refractivity contribution in [3.63, 3.8) is 0 Å². The Balaban J connectivity index is 1.57. The standard InChI is InChI=1S/C23H31N3O4S/c1-4-5-10-25(2)22(27)17-8-11-26(12-9-17)23(28)18-6-7-20(21(13-18)29-3)30-14-19-15-31-16-24-19/h6-7,13,15-17H,4-5,8-12,14H2,1-3H3. The summed E-state index contributed by atoms with van der Waals surface area (Å²) >= 11 is 1.52. The molecule has 1 saturated heterocycles. The summed E-state index contributed by atoms with van der Waals surface area (Å²) in [6.07, 6.45) is 3.49. The van der Waals surface area contributed by atoms with Crippen molar-refractivity contribution in [3.8, 4) is 11.5 Å². The van der Waals surface area contributed by atoms with Gasteiger partial charge >= 0.3 is 0 Å². The Kier molecular flexibility index (Phi) is 8.28. The van der Waals surface area contributed by atoms with Gasteiger partial charge in [-0.3, -0.25) is 9.59 Å². The lowest BCUT2D eigenvalue weighted by molar-refractivity contribution is -0.135. The molecule has 2 aromatic rings. The summed E-state index contributed by atoms with van der Waals surface area (Å²) in [6, 6.07) is 5.24. The molecule has 0 aliphatic carbocycles. The first-order chi connectivity index (χ1) is 15.0. The summed E-state index contributed by atoms with van der Waals surface area (Å²) in [5.41, 5.74) is 3.17. The number of methoxy groups -OCH3 is 1. The minimum Gasteiger partial charge on any atom is -0.493 e. The first-order valence-corrected chi connectivity index (χ1v) is 11.7. The van der Waals surface area contributed by atoms with Crippen LogP contribution in [0, 0.1) is 5.92 Å². The molecule has 3 rings (SSSR count). The number of nitrogens with zero attached hydrogens (tertiary/aromatic N) is 3. The highest BCUT2D eigenvalue weighted by Gasteiger charge is 2.29. The first kappa shape index (κ1) is 23.1. The van der Waals surface area contributed by atoms with Crippen molar-refractivity contribution in [2.45, 2.75) is 39.2 Å². The summed E-state index contributed by atoms with van der Waals surface area (Å²) in [5, 5.41) is 1.93. The molecular weight excluding hydrogens is 414 g/mol. The quantitative estimate of drug-likeness (QED) is 0.586. The lowest BCUT2D eigenvalue weighted by Crippen LogP contribution is -2.43. The van der Waals surface area contributed by atoms with Gasteiger partial charge in [0, 0.05) is 43.5 Å². The third-order valence-electron chi connectivity index (χ3n) is 5.62. The molecule has 0 bridgehead atoms. The molecule has 1 aliphatic heterocycles. The molecular formula is C23H31N3O4S. The van der Waals surface area contributed by atoms with Crippen LogP contribution in [0.15, 0.2) is 29.1 Å². The fourth-order valence-corrected chi connectivity index (χ4v) is 4.25. The molecule has 2 heterocycles. The van der Waals surface area contributed by atoms with Gasteiger partial charge in [0.05, 0.1) is 18.3 Å². The summed E-state index contributed by atoms with van der Waals surface area (Å²) in [7, 11) is 3.44. The Morgan fingerprint density at radius 2 is 2.03 bits per heavy atom. The summed E-state index contributed by atoms with van der Waals surface area (Å²) in [4.78, 5) is 33.5. The number of ether oxygens (including phenoxy) is 2. The summed E-state index contributed by atoms with van der Waals surface area (Å²) in [6.45, 7) is 4.44. The largest absolute Gasteiger partial charge is 0.493 e. The predicted molar refractivity (Wildman–Crippen MR) is 121 cm³/mol. The van der Waals surface area contributed by atoms with E-state index in [1.54, 1.807) is 30.8 Å². The maximum Gasteiger partial charge on any atom is 0.253 e. The number of carbonyl (C=O) groups is 2. The fraction of sp³-hybridized carbons (Fsp3) is 0.522. The molecule has 31 heavy (non-hydrogen) atoms. The van der Waals surface area contributed by atoms with Gasteiger partial charge in [0.2, 0.25) is 5.91 Å². The van der Waals surface area contributed by atoms with Crippen LogP contribution in [0.3, 0.4) is 0 Å². The predicted octanol–water partition coefficient (Wildman–Crippen LogP) is 3.84. The van der Waals surface area contributed by atoms with E-state index in [2.05, 4.69) is 11.9 Å². The smallest absolute Gasteiger partial charge is 0.253 e. The minimum atomic E-state index is -0.0467. The number of aromatic nitrogens is 1. The average molecular weight is 446 g/mol. The Labute approximate surface area is 188 Å². The van der Waals surface area contributed by atoms with E-state index in [0.29, 0.717) is 49.6 Å². The lowest BCUT2D eigenvalue weighted by atomic mass is 9.94. The molecule has 1 aliphatic rings. The van der Waals surface area contributed by atoms with Gasteiger partial charge in [0.25, 0.3) is 5.91 Å². The third-order valence-corrected chi connectivity index (χ3v) is 6.26. The number of thiazole rings is 1. The molecule has 8 heteroatoms. The van der Waals surface area contributed by atoms with Crippen LogP contribution in [0.25, 0.3) is 0 Å². The third kappa shape index (κ3) is 5.97. The maximum absolute atomic E-state index is 13.0. The van der Waals surface area contributed by atoms with Gasteiger partial charge in [0.15, 0.2) is 11.5 Å². The number of piperidine rings is 1. The molecule has 7 nitrogen and oxygen atoms in total. The van der Waals surface area contributed by atoms with E-state index in [1.807, 2.05) is 22.2 Å². The van der Waals surface area contributed by atoms with Gasteiger partial charge in [-0.2, -0.15) is 0 Å². The van der Waals surface area contributed by atoms with Crippen LogP contribution in [0.5, 0.6) is 11.5 Å². The average Bonchev–Trinajstić information content (AvgIpc) is 3.34. The Morgan fingerprint density at radius 1 is 1.26 bits per heavy atom. The lowest BCUT2D eigenvalue weighted by Gasteiger charge is -2.33. The molecule has 0 N–H and O–H groups in total. The highest BCUT2D eigenvalue weighted by molar-refractivity contribution is 7.07. The van der Waals surface area contributed by atoms with Gasteiger partial charge in [-0.1, -0.05) is 13.3 Å². The van der Waals surface area contributed by atoms with Gasteiger partial charge in [-0.25, -0.2) is 4.98 Å². The Hall–Kier alpha value is -2.61. The van der Waals surface area contributed by atoms with Gasteiger partial charge in [-0.05, 0) is 37.5 Å². The summed E-state index contributed by atoms with van der Waals surface area (Å²) in [5.74, 6) is 1.25. The molecule has 0 atom stereocenters. The van der Waals surface area contributed by atoms with Gasteiger partial charge in [0.1, 0.15) is 6.61 Å². The number of carbonyl (C=O) groups excluding carboxylic acids is 2. The molecule has 1 aromatic heterocycles. The van der Waals surface area contributed by atoms with Crippen LogP contribution in [0.1, 0.15) is 48.7 Å². The van der Waals surface area contributed by atoms with Crippen LogP contribution < -0.4 is 9.47 Å². The van der Waals surface area contributed by atoms with Crippen molar-refractivity contribution in [3.05, 3.63) is 40.3 Å². The zero-order valence-electron chi connectivity index (χ0n) is 18.5. The number of amides is 2. The molecule has 0 unspecified atom stereocenters. The number of benzene rings is 1. The van der Waals surface area contributed by atoms with Crippen LogP contribution in [0.4, 0.5) is 0 Å². The zero-order chi connectivity index (χ0) is 22.2. The highest BCUT2D eigenvalue weighted by Crippen LogP contribution is 2.30. The molecule has 0 radical (unpaired) electrons. The van der Waals surface area contributed by atoms with E-state index in [0.717, 1.165) is 25.1 Å². The van der Waals surface area contributed by atoms with Crippen molar-refractivity contribution in [1.29, 1.82) is 0 Å². The van der Waals surface area contributed by atoms with E-state index in [-0.39, 0.29) is 17.7 Å². The number of likely N-dealkylation sites (tertiary alicyclic amines) is 1. The van der Waals surface area contributed by atoms with E-state index < -0.39 is 0 Å². The van der Waals surface area contributed by atoms with E-state index in [1.165, 1.54) is 11.3 Å². The fourth-order valence-electron chi connectivity index (χ4n) is 3.71. The topological polar surface area (TPSA) is 72.0 Å². The minimum absolute atomic E-state index is 0.00179. The van der Waals surface area contributed by atoms with E-state index >= 15 is 0 Å². The van der Waals surface area contributed by atoms with Crippen molar-refractivity contribution < 1.29 is 19.1 Å². The maximum atomic E-state index is 13.0. The number of rotatable bonds is 9. The second kappa shape index (κ2) is 11.1. The van der Waals surface area contributed by atoms with Gasteiger partial charge < -0.3 is 19.3 Å². The number of unbranched alkanes of at least 4 members (excludes halogenated alkanes) is 1. The first-order valence-electron chi connectivity index (χ1n) is 10.8. The molecule has 0 saturated carbocycles. The number of hydrogen-bond donors (Lipinski definition) is 0. The van der Waals surface area contributed by atoms with Crippen molar-refractivity contribution in [2.75, 3.05) is 33.8 Å². The molecule has 1 fully saturated rings. The Morgan fingerprint density at radius 3 is 2.68 bits per heavy atom. The summed E-state index contributed by atoms with van der Waals surface area (Å²) < 4.78 is 11.2. The Bertz CT molecular complexity index is 864. The highest BCUT2D eigenvalue weighted by atomic mass is 32.1. The van der Waals surface area contributed by atoms with Crippen LogP contribution in [0.2, 0.25) is 0 Å². The second-order valence-electron chi connectivity index (χ2n) is 7.81. The van der Waals surface area contributed by atoms with E-state index in [4.69, 9.17) is 9.47 Å². The SMILES string of the molecule is CCCCN(C)C(=O)C1CCN(C(=O)c2ccc(OCc3cscn3)c(OC)c2)CC1. The molecule has 0 spiro atoms. The van der Waals surface area contributed by atoms with Crippen LogP contribution >= 0.6 is 11.3 Å². The van der Waals surface area contributed by atoms with Crippen molar-refractivity contribution >= 4 is 23.2 Å².